The number of halogens is 1. The number of aryl methyl sites for hydroxylation is 3. The Balaban J connectivity index is 1.77. The highest BCUT2D eigenvalue weighted by Crippen LogP contribution is 2.28. The van der Waals surface area contributed by atoms with E-state index in [4.69, 9.17) is 0 Å². The first-order chi connectivity index (χ1) is 14.8. The standard InChI is InChI=1S/C25H22FN3O2/c1-15-8-9-16(2)21(12-15)24-19-6-4-5-7-20(19)25(31)29(28-24)14-23(30)27-18-11-10-17(3)22(26)13-18/h4-13H,14H2,1-3H3,(H,27,30). The molecule has 0 radical (unpaired) electrons. The molecule has 0 aliphatic rings. The Morgan fingerprint density at radius 2 is 1.68 bits per heavy atom. The smallest absolute Gasteiger partial charge is 0.275 e. The van der Waals surface area contributed by atoms with Gasteiger partial charge in [-0.15, -0.1) is 0 Å². The van der Waals surface area contributed by atoms with Crippen LogP contribution >= 0.6 is 0 Å². The summed E-state index contributed by atoms with van der Waals surface area (Å²) in [6.07, 6.45) is 0. The molecule has 0 bridgehead atoms. The molecule has 3 aromatic carbocycles. The van der Waals surface area contributed by atoms with Crippen molar-refractivity contribution in [1.82, 2.24) is 9.78 Å². The van der Waals surface area contributed by atoms with E-state index in [-0.39, 0.29) is 12.1 Å². The van der Waals surface area contributed by atoms with E-state index in [1.54, 1.807) is 31.2 Å². The summed E-state index contributed by atoms with van der Waals surface area (Å²) in [6, 6.07) is 17.8. The number of carbonyl (C=O) groups excluding carboxylic acids is 1. The molecular weight excluding hydrogens is 393 g/mol. The van der Waals surface area contributed by atoms with Crippen LogP contribution in [0.4, 0.5) is 10.1 Å². The Bertz CT molecular complexity index is 1380. The number of carbonyl (C=O) groups is 1. The Kier molecular flexibility index (Phi) is 5.38. The first kappa shape index (κ1) is 20.5. The monoisotopic (exact) mass is 415 g/mol. The number of nitrogens with zero attached hydrogens (tertiary/aromatic N) is 2. The molecule has 0 aliphatic heterocycles. The van der Waals surface area contributed by atoms with E-state index in [0.29, 0.717) is 22.3 Å². The summed E-state index contributed by atoms with van der Waals surface area (Å²) >= 11 is 0. The molecule has 156 valence electrons. The number of rotatable bonds is 4. The second-order valence-electron chi connectivity index (χ2n) is 7.69. The highest BCUT2D eigenvalue weighted by atomic mass is 19.1. The number of benzene rings is 3. The van der Waals surface area contributed by atoms with Crippen molar-refractivity contribution in [2.45, 2.75) is 27.3 Å². The Morgan fingerprint density at radius 1 is 0.968 bits per heavy atom. The maximum Gasteiger partial charge on any atom is 0.275 e. The average Bonchev–Trinajstić information content (AvgIpc) is 2.75. The largest absolute Gasteiger partial charge is 0.324 e. The lowest BCUT2D eigenvalue weighted by atomic mass is 9.99. The lowest BCUT2D eigenvalue weighted by molar-refractivity contribution is -0.117. The highest BCUT2D eigenvalue weighted by Gasteiger charge is 2.16. The van der Waals surface area contributed by atoms with Crippen LogP contribution in [0.1, 0.15) is 16.7 Å². The van der Waals surface area contributed by atoms with Crippen molar-refractivity contribution in [2.75, 3.05) is 5.32 Å². The van der Waals surface area contributed by atoms with Crippen molar-refractivity contribution in [3.63, 3.8) is 0 Å². The topological polar surface area (TPSA) is 64.0 Å². The minimum absolute atomic E-state index is 0.281. The van der Waals surface area contributed by atoms with Gasteiger partial charge >= 0.3 is 0 Å². The molecule has 1 N–H and O–H groups in total. The number of fused-ring (bicyclic) bond motifs is 1. The van der Waals surface area contributed by atoms with Crippen molar-refractivity contribution in [3.05, 3.63) is 93.5 Å². The summed E-state index contributed by atoms with van der Waals surface area (Å²) in [5.74, 6) is -0.865. The lowest BCUT2D eigenvalue weighted by Gasteiger charge is -2.13. The predicted octanol–water partition coefficient (Wildman–Crippen LogP) is 4.77. The van der Waals surface area contributed by atoms with Gasteiger partial charge < -0.3 is 5.32 Å². The summed E-state index contributed by atoms with van der Waals surface area (Å²) < 4.78 is 15.0. The van der Waals surface area contributed by atoms with Crippen molar-refractivity contribution in [3.8, 4) is 11.3 Å². The van der Waals surface area contributed by atoms with E-state index < -0.39 is 11.7 Å². The maximum atomic E-state index is 13.8. The number of nitrogens with one attached hydrogen (secondary N) is 1. The molecule has 4 rings (SSSR count). The normalized spacial score (nSPS) is 11.0. The van der Waals surface area contributed by atoms with Crippen LogP contribution in [0.25, 0.3) is 22.0 Å². The minimum Gasteiger partial charge on any atom is -0.324 e. The van der Waals surface area contributed by atoms with E-state index in [2.05, 4.69) is 10.4 Å². The first-order valence-electron chi connectivity index (χ1n) is 9.97. The fourth-order valence-corrected chi connectivity index (χ4v) is 3.54. The molecular formula is C25H22FN3O2. The van der Waals surface area contributed by atoms with Crippen LogP contribution in [-0.4, -0.2) is 15.7 Å². The SMILES string of the molecule is Cc1ccc(C)c(-c2nn(CC(=O)Nc3ccc(C)c(F)c3)c(=O)c3ccccc23)c1. The molecule has 0 unspecified atom stereocenters. The summed E-state index contributed by atoms with van der Waals surface area (Å²) in [7, 11) is 0. The van der Waals surface area contributed by atoms with E-state index >= 15 is 0 Å². The van der Waals surface area contributed by atoms with Gasteiger partial charge in [0.25, 0.3) is 5.56 Å². The van der Waals surface area contributed by atoms with Crippen molar-refractivity contribution in [1.29, 1.82) is 0 Å². The zero-order valence-electron chi connectivity index (χ0n) is 17.6. The second-order valence-corrected chi connectivity index (χ2v) is 7.69. The van der Waals surface area contributed by atoms with E-state index in [1.807, 2.05) is 44.2 Å². The van der Waals surface area contributed by atoms with E-state index in [1.165, 1.54) is 10.7 Å². The van der Waals surface area contributed by atoms with Crippen molar-refractivity contribution >= 4 is 22.4 Å². The molecule has 5 nitrogen and oxygen atoms in total. The lowest BCUT2D eigenvalue weighted by Crippen LogP contribution is -2.30. The average molecular weight is 415 g/mol. The molecule has 1 amide bonds. The number of aromatic nitrogens is 2. The van der Waals surface area contributed by atoms with Crippen LogP contribution in [0.3, 0.4) is 0 Å². The Hall–Kier alpha value is -3.80. The predicted molar refractivity (Wildman–Crippen MR) is 121 cm³/mol. The molecule has 6 heteroatoms. The summed E-state index contributed by atoms with van der Waals surface area (Å²) in [5.41, 5.74) is 4.11. The van der Waals surface area contributed by atoms with Gasteiger partial charge in [-0.2, -0.15) is 5.10 Å². The molecule has 1 aromatic heterocycles. The number of hydrogen-bond acceptors (Lipinski definition) is 3. The molecule has 4 aromatic rings. The van der Waals surface area contributed by atoms with Crippen molar-refractivity contribution in [2.24, 2.45) is 0 Å². The van der Waals surface area contributed by atoms with E-state index in [0.717, 1.165) is 22.1 Å². The quantitative estimate of drug-likeness (QED) is 0.522. The van der Waals surface area contributed by atoms with Gasteiger partial charge in [-0.25, -0.2) is 9.07 Å². The molecule has 0 saturated heterocycles. The molecule has 0 fully saturated rings. The zero-order chi connectivity index (χ0) is 22.1. The van der Waals surface area contributed by atoms with Gasteiger partial charge in [0.15, 0.2) is 0 Å². The van der Waals surface area contributed by atoms with Crippen LogP contribution in [0.5, 0.6) is 0 Å². The van der Waals surface area contributed by atoms with Crippen LogP contribution in [0.15, 0.2) is 65.5 Å². The van der Waals surface area contributed by atoms with Gasteiger partial charge in [0.2, 0.25) is 5.91 Å². The molecule has 1 heterocycles. The van der Waals surface area contributed by atoms with Gasteiger partial charge in [0, 0.05) is 16.6 Å². The molecule has 31 heavy (non-hydrogen) atoms. The number of anilines is 1. The third-order valence-electron chi connectivity index (χ3n) is 5.26. The van der Waals surface area contributed by atoms with E-state index in [9.17, 15) is 14.0 Å². The third kappa shape index (κ3) is 4.10. The van der Waals surface area contributed by atoms with Crippen LogP contribution < -0.4 is 10.9 Å². The van der Waals surface area contributed by atoms with Crippen LogP contribution in [0, 0.1) is 26.6 Å². The Morgan fingerprint density at radius 3 is 2.42 bits per heavy atom. The molecule has 0 spiro atoms. The fourth-order valence-electron chi connectivity index (χ4n) is 3.54. The Labute approximate surface area is 179 Å². The molecule has 0 atom stereocenters. The molecule has 0 saturated carbocycles. The summed E-state index contributed by atoms with van der Waals surface area (Å²) in [5, 5.41) is 8.41. The summed E-state index contributed by atoms with van der Waals surface area (Å²) in [4.78, 5) is 25.6. The van der Waals surface area contributed by atoms with Crippen LogP contribution in [0.2, 0.25) is 0 Å². The van der Waals surface area contributed by atoms with Gasteiger partial charge in [-0.1, -0.05) is 42.0 Å². The van der Waals surface area contributed by atoms with Crippen molar-refractivity contribution < 1.29 is 9.18 Å². The van der Waals surface area contributed by atoms with Gasteiger partial charge in [0.05, 0.1) is 11.1 Å². The zero-order valence-corrected chi connectivity index (χ0v) is 17.6. The second kappa shape index (κ2) is 8.14. The van der Waals surface area contributed by atoms with Gasteiger partial charge in [-0.05, 0) is 56.2 Å². The number of amides is 1. The van der Waals surface area contributed by atoms with Crippen LogP contribution in [-0.2, 0) is 11.3 Å². The van der Waals surface area contributed by atoms with Gasteiger partial charge in [-0.3, -0.25) is 9.59 Å². The van der Waals surface area contributed by atoms with Gasteiger partial charge in [0.1, 0.15) is 12.4 Å². The first-order valence-corrected chi connectivity index (χ1v) is 9.97. The highest BCUT2D eigenvalue weighted by molar-refractivity contribution is 5.95. The molecule has 0 aliphatic carbocycles. The summed E-state index contributed by atoms with van der Waals surface area (Å²) in [6.45, 7) is 5.35. The number of hydrogen-bond donors (Lipinski definition) is 1. The minimum atomic E-state index is -0.458. The fraction of sp³-hybridized carbons (Fsp3) is 0.160. The maximum absolute atomic E-state index is 13.8. The third-order valence-corrected chi connectivity index (χ3v) is 5.26.